The van der Waals surface area contributed by atoms with Gasteiger partial charge in [0.15, 0.2) is 0 Å². The summed E-state index contributed by atoms with van der Waals surface area (Å²) in [5.74, 6) is -2.44. The number of aliphatic carboxylic acids is 1. The highest BCUT2D eigenvalue weighted by molar-refractivity contribution is 5.95. The number of rotatable bonds is 8. The topological polar surface area (TPSA) is 95.5 Å². The lowest BCUT2D eigenvalue weighted by Gasteiger charge is -2.15. The average Bonchev–Trinajstić information content (AvgIpc) is 2.64. The highest BCUT2D eigenvalue weighted by atomic mass is 19.1. The largest absolute Gasteiger partial charge is 0.480 e. The van der Waals surface area contributed by atoms with Crippen LogP contribution in [0.2, 0.25) is 0 Å². The van der Waals surface area contributed by atoms with E-state index in [4.69, 9.17) is 5.11 Å². The molecular formula is C20H21FN2O4. The summed E-state index contributed by atoms with van der Waals surface area (Å²) in [6, 6.07) is 12.6. The van der Waals surface area contributed by atoms with Gasteiger partial charge in [-0.15, -0.1) is 0 Å². The van der Waals surface area contributed by atoms with E-state index < -0.39 is 24.3 Å². The van der Waals surface area contributed by atoms with Crippen LogP contribution in [0.25, 0.3) is 0 Å². The van der Waals surface area contributed by atoms with Crippen molar-refractivity contribution in [2.75, 3.05) is 11.9 Å². The molecule has 2 rings (SSSR count). The zero-order valence-electron chi connectivity index (χ0n) is 14.9. The standard InChI is InChI=1S/C20H21FN2O4/c1-2-17(14-5-7-15(21)8-6-14)20(27)23-16-9-3-13(4-10-16)11-18(24)22-12-19(25)26/h3-10,17H,2,11-12H2,1H3,(H,22,24)(H,23,27)(H,25,26). The molecule has 0 saturated heterocycles. The molecule has 0 aliphatic rings. The molecule has 0 radical (unpaired) electrons. The zero-order valence-corrected chi connectivity index (χ0v) is 14.9. The number of hydrogen-bond acceptors (Lipinski definition) is 3. The Morgan fingerprint density at radius 2 is 1.67 bits per heavy atom. The van der Waals surface area contributed by atoms with Gasteiger partial charge in [0.2, 0.25) is 11.8 Å². The third kappa shape index (κ3) is 6.22. The van der Waals surface area contributed by atoms with E-state index in [0.717, 1.165) is 5.56 Å². The van der Waals surface area contributed by atoms with E-state index in [1.54, 1.807) is 36.4 Å². The normalized spacial score (nSPS) is 11.5. The molecule has 0 saturated carbocycles. The van der Waals surface area contributed by atoms with E-state index in [1.807, 2.05) is 6.92 Å². The van der Waals surface area contributed by atoms with Gasteiger partial charge >= 0.3 is 5.97 Å². The molecule has 2 aromatic rings. The Morgan fingerprint density at radius 1 is 1.04 bits per heavy atom. The van der Waals surface area contributed by atoms with Crippen LogP contribution in [0.15, 0.2) is 48.5 Å². The molecule has 0 fully saturated rings. The van der Waals surface area contributed by atoms with E-state index >= 15 is 0 Å². The van der Waals surface area contributed by atoms with Gasteiger partial charge in [-0.25, -0.2) is 4.39 Å². The van der Waals surface area contributed by atoms with Crippen molar-refractivity contribution < 1.29 is 23.9 Å². The van der Waals surface area contributed by atoms with Gasteiger partial charge < -0.3 is 15.7 Å². The van der Waals surface area contributed by atoms with Crippen LogP contribution in [0, 0.1) is 5.82 Å². The van der Waals surface area contributed by atoms with Crippen molar-refractivity contribution in [1.29, 1.82) is 0 Å². The van der Waals surface area contributed by atoms with Crippen LogP contribution < -0.4 is 10.6 Å². The summed E-state index contributed by atoms with van der Waals surface area (Å²) < 4.78 is 13.1. The fraction of sp³-hybridized carbons (Fsp3) is 0.250. The summed E-state index contributed by atoms with van der Waals surface area (Å²) in [7, 11) is 0. The molecule has 6 nitrogen and oxygen atoms in total. The molecule has 27 heavy (non-hydrogen) atoms. The van der Waals surface area contributed by atoms with Gasteiger partial charge in [0.05, 0.1) is 12.3 Å². The Kier molecular flexibility index (Phi) is 7.05. The Labute approximate surface area is 156 Å². The van der Waals surface area contributed by atoms with Crippen LogP contribution in [-0.4, -0.2) is 29.4 Å². The molecule has 1 unspecified atom stereocenters. The molecule has 0 spiro atoms. The minimum Gasteiger partial charge on any atom is -0.480 e. The first kappa shape index (κ1) is 20.1. The lowest BCUT2D eigenvalue weighted by Crippen LogP contribution is -2.30. The van der Waals surface area contributed by atoms with Crippen molar-refractivity contribution in [3.63, 3.8) is 0 Å². The first-order valence-electron chi connectivity index (χ1n) is 8.52. The molecule has 1 atom stereocenters. The number of carbonyl (C=O) groups excluding carboxylic acids is 2. The number of amides is 2. The maximum absolute atomic E-state index is 13.1. The average molecular weight is 372 g/mol. The van der Waals surface area contributed by atoms with Gasteiger partial charge in [0.25, 0.3) is 0 Å². The summed E-state index contributed by atoms with van der Waals surface area (Å²) in [4.78, 5) is 34.6. The molecule has 3 N–H and O–H groups in total. The third-order valence-electron chi connectivity index (χ3n) is 4.02. The van der Waals surface area contributed by atoms with Crippen LogP contribution in [0.5, 0.6) is 0 Å². The van der Waals surface area contributed by atoms with E-state index in [0.29, 0.717) is 17.7 Å². The van der Waals surface area contributed by atoms with E-state index in [9.17, 15) is 18.8 Å². The summed E-state index contributed by atoms with van der Waals surface area (Å²) in [5, 5.41) is 13.6. The molecule has 0 heterocycles. The number of benzene rings is 2. The second kappa shape index (κ2) is 9.47. The second-order valence-electron chi connectivity index (χ2n) is 6.05. The number of anilines is 1. The highest BCUT2D eigenvalue weighted by Crippen LogP contribution is 2.22. The lowest BCUT2D eigenvalue weighted by molar-refractivity contribution is -0.137. The number of hydrogen-bond donors (Lipinski definition) is 3. The van der Waals surface area contributed by atoms with Crippen LogP contribution >= 0.6 is 0 Å². The van der Waals surface area contributed by atoms with Crippen molar-refractivity contribution >= 4 is 23.5 Å². The predicted molar refractivity (Wildman–Crippen MR) is 98.9 cm³/mol. The second-order valence-corrected chi connectivity index (χ2v) is 6.05. The predicted octanol–water partition coefficient (Wildman–Crippen LogP) is 2.70. The smallest absolute Gasteiger partial charge is 0.322 e. The fourth-order valence-electron chi connectivity index (χ4n) is 2.62. The molecule has 0 aliphatic carbocycles. The van der Waals surface area contributed by atoms with Crippen molar-refractivity contribution in [2.24, 2.45) is 0 Å². The van der Waals surface area contributed by atoms with Crippen LogP contribution in [0.3, 0.4) is 0 Å². The first-order valence-corrected chi connectivity index (χ1v) is 8.52. The summed E-state index contributed by atoms with van der Waals surface area (Å²) in [5.41, 5.74) is 2.01. The minimum atomic E-state index is -1.10. The summed E-state index contributed by atoms with van der Waals surface area (Å²) >= 11 is 0. The Bertz CT molecular complexity index is 804. The highest BCUT2D eigenvalue weighted by Gasteiger charge is 2.19. The van der Waals surface area contributed by atoms with Gasteiger partial charge in [0.1, 0.15) is 12.4 Å². The van der Waals surface area contributed by atoms with E-state index in [-0.39, 0.29) is 18.1 Å². The Morgan fingerprint density at radius 3 is 2.22 bits per heavy atom. The van der Waals surface area contributed by atoms with Crippen molar-refractivity contribution in [3.8, 4) is 0 Å². The fourth-order valence-corrected chi connectivity index (χ4v) is 2.62. The quantitative estimate of drug-likeness (QED) is 0.664. The Hall–Kier alpha value is -3.22. The van der Waals surface area contributed by atoms with Gasteiger partial charge in [-0.05, 0) is 41.8 Å². The maximum atomic E-state index is 13.1. The van der Waals surface area contributed by atoms with Gasteiger partial charge in [-0.1, -0.05) is 31.2 Å². The monoisotopic (exact) mass is 372 g/mol. The SMILES string of the molecule is CCC(C(=O)Nc1ccc(CC(=O)NCC(=O)O)cc1)c1ccc(F)cc1. The molecular weight excluding hydrogens is 351 g/mol. The van der Waals surface area contributed by atoms with Crippen LogP contribution in [-0.2, 0) is 20.8 Å². The number of carboxylic acids is 1. The molecule has 142 valence electrons. The van der Waals surface area contributed by atoms with Gasteiger partial charge in [-0.2, -0.15) is 0 Å². The zero-order chi connectivity index (χ0) is 19.8. The van der Waals surface area contributed by atoms with Crippen molar-refractivity contribution in [3.05, 3.63) is 65.5 Å². The number of nitrogens with one attached hydrogen (secondary N) is 2. The lowest BCUT2D eigenvalue weighted by atomic mass is 9.95. The number of carboxylic acid groups (broad SMARTS) is 1. The van der Waals surface area contributed by atoms with Crippen molar-refractivity contribution in [1.82, 2.24) is 5.32 Å². The third-order valence-corrected chi connectivity index (χ3v) is 4.02. The van der Waals surface area contributed by atoms with Crippen LogP contribution in [0.1, 0.15) is 30.4 Å². The van der Waals surface area contributed by atoms with Gasteiger partial charge in [0, 0.05) is 5.69 Å². The van der Waals surface area contributed by atoms with E-state index in [1.165, 1.54) is 12.1 Å². The molecule has 0 aromatic heterocycles. The molecule has 0 aliphatic heterocycles. The molecule has 7 heteroatoms. The minimum absolute atomic E-state index is 0.0503. The van der Waals surface area contributed by atoms with Gasteiger partial charge in [-0.3, -0.25) is 14.4 Å². The first-order chi connectivity index (χ1) is 12.9. The summed E-state index contributed by atoms with van der Waals surface area (Å²) in [6.07, 6.45) is 0.619. The molecule has 2 amide bonds. The molecule has 2 aromatic carbocycles. The summed E-state index contributed by atoms with van der Waals surface area (Å²) in [6.45, 7) is 1.46. The maximum Gasteiger partial charge on any atom is 0.322 e. The number of carbonyl (C=O) groups is 3. The van der Waals surface area contributed by atoms with Crippen molar-refractivity contribution in [2.45, 2.75) is 25.7 Å². The van der Waals surface area contributed by atoms with Crippen LogP contribution in [0.4, 0.5) is 10.1 Å². The Balaban J connectivity index is 1.96. The van der Waals surface area contributed by atoms with E-state index in [2.05, 4.69) is 10.6 Å². The number of halogens is 1. The molecule has 0 bridgehead atoms.